The molecule has 13 heteroatoms. The van der Waals surface area contributed by atoms with Gasteiger partial charge >= 0.3 is 6.03 Å². The van der Waals surface area contributed by atoms with Gasteiger partial charge in [-0.15, -0.1) is 11.3 Å². The first kappa shape index (κ1) is 33.9. The maximum Gasteiger partial charge on any atom is 0.324 e. The fourth-order valence-electron chi connectivity index (χ4n) is 4.52. The molecular formula is C30H39N5O6S2. The molecule has 6 amide bonds. The van der Waals surface area contributed by atoms with Gasteiger partial charge in [-0.1, -0.05) is 58.5 Å². The third kappa shape index (κ3) is 8.96. The van der Waals surface area contributed by atoms with E-state index in [1.165, 1.54) is 18.3 Å². The molecule has 43 heavy (non-hydrogen) atoms. The highest BCUT2D eigenvalue weighted by Crippen LogP contribution is 2.26. The Bertz CT molecular complexity index is 1320. The van der Waals surface area contributed by atoms with Crippen molar-refractivity contribution in [2.75, 3.05) is 18.4 Å². The minimum Gasteiger partial charge on any atom is -0.325 e. The molecule has 1 aromatic heterocycles. The summed E-state index contributed by atoms with van der Waals surface area (Å²) < 4.78 is 0. The number of rotatable bonds is 12. The summed E-state index contributed by atoms with van der Waals surface area (Å²) in [6.07, 6.45) is 2.47. The number of thioether (sulfide) groups is 1. The lowest BCUT2D eigenvalue weighted by Gasteiger charge is -2.33. The predicted octanol–water partition coefficient (Wildman–Crippen LogP) is 4.81. The van der Waals surface area contributed by atoms with Gasteiger partial charge in [0.15, 0.2) is 10.2 Å². The number of benzene rings is 1. The highest BCUT2D eigenvalue weighted by molar-refractivity contribution is 8.14. The number of nitrogens with zero attached hydrogens (tertiary/aromatic N) is 3. The zero-order valence-corrected chi connectivity index (χ0v) is 27.0. The molecule has 232 valence electrons. The normalized spacial score (nSPS) is 14.3. The Morgan fingerprint density at radius 1 is 1.05 bits per heavy atom. The molecule has 0 fully saturated rings. The quantitative estimate of drug-likeness (QED) is 0.318. The van der Waals surface area contributed by atoms with E-state index < -0.39 is 46.4 Å². The summed E-state index contributed by atoms with van der Waals surface area (Å²) in [5, 5.41) is 6.32. The first-order chi connectivity index (χ1) is 20.2. The summed E-state index contributed by atoms with van der Waals surface area (Å²) in [6, 6.07) is 4.84. The largest absolute Gasteiger partial charge is 0.325 e. The molecule has 1 aromatic carbocycles. The van der Waals surface area contributed by atoms with Gasteiger partial charge in [0.25, 0.3) is 11.8 Å². The van der Waals surface area contributed by atoms with Crippen molar-refractivity contribution in [1.82, 2.24) is 20.1 Å². The second kappa shape index (κ2) is 14.7. The van der Waals surface area contributed by atoms with E-state index in [4.69, 9.17) is 0 Å². The van der Waals surface area contributed by atoms with Crippen LogP contribution in [-0.4, -0.2) is 73.9 Å². The fraction of sp³-hybridized carbons (Fsp3) is 0.500. The minimum absolute atomic E-state index is 0.0653. The smallest absolute Gasteiger partial charge is 0.324 e. The highest BCUT2D eigenvalue weighted by atomic mass is 32.2. The molecule has 2 aromatic rings. The van der Waals surface area contributed by atoms with E-state index in [-0.39, 0.29) is 37.0 Å². The van der Waals surface area contributed by atoms with Crippen LogP contribution in [0.1, 0.15) is 81.5 Å². The van der Waals surface area contributed by atoms with Crippen molar-refractivity contribution in [2.24, 2.45) is 11.3 Å². The third-order valence-electron chi connectivity index (χ3n) is 6.81. The summed E-state index contributed by atoms with van der Waals surface area (Å²) in [5.41, 5.74) is -0.0342. The molecule has 0 aliphatic carbocycles. The lowest BCUT2D eigenvalue weighted by Crippen LogP contribution is -2.57. The van der Waals surface area contributed by atoms with Crippen LogP contribution >= 0.6 is 23.1 Å². The second-order valence-corrected chi connectivity index (χ2v) is 14.1. The number of imide groups is 2. The summed E-state index contributed by atoms with van der Waals surface area (Å²) in [4.78, 5) is 84.6. The molecule has 11 nitrogen and oxygen atoms in total. The number of aromatic nitrogens is 1. The minimum atomic E-state index is -0.994. The number of fused-ring (bicyclic) bond motifs is 1. The number of thiazole rings is 1. The molecule has 0 radical (unpaired) electrons. The van der Waals surface area contributed by atoms with Crippen molar-refractivity contribution in [3.8, 4) is 0 Å². The lowest BCUT2D eigenvalue weighted by atomic mass is 9.86. The number of hydrogen-bond acceptors (Lipinski definition) is 9. The number of urea groups is 1. The zero-order valence-electron chi connectivity index (χ0n) is 25.3. The molecule has 0 saturated carbocycles. The summed E-state index contributed by atoms with van der Waals surface area (Å²) in [7, 11) is 0. The maximum absolute atomic E-state index is 13.9. The maximum atomic E-state index is 13.9. The zero-order chi connectivity index (χ0) is 31.9. The van der Waals surface area contributed by atoms with Gasteiger partial charge in [-0.05, 0) is 42.7 Å². The Hall–Kier alpha value is -3.58. The number of carbonyl (C=O) groups excluding carboxylic acids is 6. The van der Waals surface area contributed by atoms with E-state index >= 15 is 0 Å². The van der Waals surface area contributed by atoms with Crippen molar-refractivity contribution in [3.63, 3.8) is 0 Å². The molecule has 2 atom stereocenters. The third-order valence-corrected chi connectivity index (χ3v) is 8.55. The van der Waals surface area contributed by atoms with Crippen LogP contribution in [-0.2, 0) is 14.4 Å². The van der Waals surface area contributed by atoms with Gasteiger partial charge < -0.3 is 10.6 Å². The number of amides is 6. The molecule has 1 aliphatic heterocycles. The lowest BCUT2D eigenvalue weighted by molar-refractivity contribution is -0.128. The SMILES string of the molecule is CC(=O)S[C@@H](CCCN1C(=O)c2ccccc2C1=O)C(=O)N(CCC(C)C)C(=O)N[C@H](C(=O)Nc1nccs1)C(C)(C)C. The van der Waals surface area contributed by atoms with Gasteiger partial charge in [-0.25, -0.2) is 9.78 Å². The van der Waals surface area contributed by atoms with Crippen molar-refractivity contribution in [2.45, 2.75) is 72.1 Å². The van der Waals surface area contributed by atoms with Gasteiger partial charge in [-0.2, -0.15) is 0 Å². The molecule has 3 rings (SSSR count). The van der Waals surface area contributed by atoms with Crippen LogP contribution in [0.3, 0.4) is 0 Å². The molecule has 0 bridgehead atoms. The molecule has 2 N–H and O–H groups in total. The topological polar surface area (TPSA) is 146 Å². The number of anilines is 1. The molecule has 0 saturated heterocycles. The van der Waals surface area contributed by atoms with Crippen molar-refractivity contribution < 1.29 is 28.8 Å². The van der Waals surface area contributed by atoms with Crippen LogP contribution in [0.15, 0.2) is 35.8 Å². The second-order valence-electron chi connectivity index (χ2n) is 11.8. The van der Waals surface area contributed by atoms with Crippen molar-refractivity contribution in [1.29, 1.82) is 0 Å². The summed E-state index contributed by atoms with van der Waals surface area (Å²) in [6.45, 7) is 10.8. The van der Waals surface area contributed by atoms with Crippen molar-refractivity contribution >= 4 is 63.0 Å². The molecule has 0 spiro atoms. The van der Waals surface area contributed by atoms with Crippen LogP contribution in [0.2, 0.25) is 0 Å². The summed E-state index contributed by atoms with van der Waals surface area (Å²) >= 11 is 2.05. The van der Waals surface area contributed by atoms with E-state index in [0.717, 1.165) is 21.6 Å². The molecule has 0 unspecified atom stereocenters. The standard InChI is InChI=1S/C30H39N5O6S2/c1-18(2)13-16-35(29(41)32-23(30(4,5)6)24(37)33-28-31-14-17-42-28)27(40)22(43-19(3)36)12-9-15-34-25(38)20-10-7-8-11-21(20)26(34)39/h7-8,10-11,14,17-18,22-23H,9,12-13,15-16H2,1-6H3,(H,32,41)(H,31,33,37)/t22-,23+/m0/s1. The van der Waals surface area contributed by atoms with E-state index in [2.05, 4.69) is 15.6 Å². The monoisotopic (exact) mass is 629 g/mol. The Morgan fingerprint density at radius 2 is 1.67 bits per heavy atom. The average Bonchev–Trinajstić information content (AvgIpc) is 3.52. The Kier molecular flexibility index (Phi) is 11.6. The molecule has 1 aliphatic rings. The van der Waals surface area contributed by atoms with Gasteiger partial charge in [0, 0.05) is 31.6 Å². The molecular weight excluding hydrogens is 590 g/mol. The number of hydrogen-bond donors (Lipinski definition) is 2. The first-order valence-corrected chi connectivity index (χ1v) is 15.9. The van der Waals surface area contributed by atoms with Crippen LogP contribution < -0.4 is 10.6 Å². The Morgan fingerprint density at radius 3 is 2.19 bits per heavy atom. The van der Waals surface area contributed by atoms with Gasteiger partial charge in [0.05, 0.1) is 16.4 Å². The fourth-order valence-corrected chi connectivity index (χ4v) is 5.97. The van der Waals surface area contributed by atoms with Crippen LogP contribution in [0.5, 0.6) is 0 Å². The van der Waals surface area contributed by atoms with Gasteiger partial charge in [0.1, 0.15) is 6.04 Å². The number of carbonyl (C=O) groups is 6. The number of nitrogens with one attached hydrogen (secondary N) is 2. The summed E-state index contributed by atoms with van der Waals surface area (Å²) in [5.74, 6) is -1.67. The average molecular weight is 630 g/mol. The van der Waals surface area contributed by atoms with E-state index in [9.17, 15) is 28.8 Å². The van der Waals surface area contributed by atoms with Crippen LogP contribution in [0.4, 0.5) is 9.93 Å². The van der Waals surface area contributed by atoms with Crippen LogP contribution in [0, 0.1) is 11.3 Å². The predicted molar refractivity (Wildman–Crippen MR) is 167 cm³/mol. The molecule has 2 heterocycles. The van der Waals surface area contributed by atoms with Crippen molar-refractivity contribution in [3.05, 3.63) is 47.0 Å². The van der Waals surface area contributed by atoms with E-state index in [0.29, 0.717) is 22.7 Å². The van der Waals surface area contributed by atoms with Gasteiger partial charge in [0.2, 0.25) is 11.8 Å². The first-order valence-electron chi connectivity index (χ1n) is 14.1. The highest BCUT2D eigenvalue weighted by Gasteiger charge is 2.38. The van der Waals surface area contributed by atoms with E-state index in [1.54, 1.807) is 56.6 Å². The van der Waals surface area contributed by atoms with E-state index in [1.807, 2.05) is 13.8 Å². The Labute approximate surface area is 260 Å². The van der Waals surface area contributed by atoms with Gasteiger partial charge in [-0.3, -0.25) is 33.8 Å². The van der Waals surface area contributed by atoms with Crippen LogP contribution in [0.25, 0.3) is 0 Å². The Balaban J connectivity index is 1.76.